The Labute approximate surface area is 127 Å². The highest BCUT2D eigenvalue weighted by molar-refractivity contribution is 5.89. The van der Waals surface area contributed by atoms with Gasteiger partial charge in [-0.2, -0.15) is 0 Å². The zero-order valence-electron chi connectivity index (χ0n) is 12.5. The van der Waals surface area contributed by atoms with E-state index in [1.807, 2.05) is 18.2 Å². The van der Waals surface area contributed by atoms with E-state index in [4.69, 9.17) is 9.15 Å². The largest absolute Gasteiger partial charge is 0.497 e. The Morgan fingerprint density at radius 2 is 2.09 bits per heavy atom. The average molecular weight is 297 g/mol. The lowest BCUT2D eigenvalue weighted by molar-refractivity contribution is -0.116. The van der Waals surface area contributed by atoms with Gasteiger partial charge in [-0.05, 0) is 24.3 Å². The highest BCUT2D eigenvalue weighted by Crippen LogP contribution is 2.27. The van der Waals surface area contributed by atoms with Gasteiger partial charge >= 0.3 is 0 Å². The van der Waals surface area contributed by atoms with Crippen LogP contribution in [0.15, 0.2) is 40.9 Å². The van der Waals surface area contributed by atoms with E-state index in [2.05, 4.69) is 9.97 Å². The summed E-state index contributed by atoms with van der Waals surface area (Å²) in [5, 5.41) is 0. The van der Waals surface area contributed by atoms with E-state index in [1.165, 1.54) is 11.8 Å². The van der Waals surface area contributed by atoms with Gasteiger partial charge in [0.15, 0.2) is 5.58 Å². The predicted molar refractivity (Wildman–Crippen MR) is 82.9 cm³/mol. The van der Waals surface area contributed by atoms with Crippen molar-refractivity contribution in [3.05, 3.63) is 36.5 Å². The molecule has 0 aliphatic rings. The summed E-state index contributed by atoms with van der Waals surface area (Å²) < 4.78 is 10.9. The third-order valence-corrected chi connectivity index (χ3v) is 3.41. The van der Waals surface area contributed by atoms with Crippen LogP contribution in [0.5, 0.6) is 5.75 Å². The number of pyridine rings is 1. The first-order chi connectivity index (χ1) is 10.6. The number of rotatable bonds is 3. The monoisotopic (exact) mass is 297 g/mol. The van der Waals surface area contributed by atoms with Gasteiger partial charge in [-0.25, -0.2) is 9.97 Å². The number of amides is 1. The van der Waals surface area contributed by atoms with Crippen molar-refractivity contribution in [2.45, 2.75) is 6.92 Å². The van der Waals surface area contributed by atoms with Gasteiger partial charge in [0.25, 0.3) is 0 Å². The molecule has 0 aliphatic heterocycles. The van der Waals surface area contributed by atoms with E-state index in [0.717, 1.165) is 11.1 Å². The molecule has 0 saturated heterocycles. The maximum absolute atomic E-state index is 11.3. The standard InChI is InChI=1S/C16H15N3O3/c1-10(20)19(2)15-7-4-11(9-17-15)16-18-13-6-5-12(21-3)8-14(13)22-16/h4-9H,1-3H3. The quantitative estimate of drug-likeness (QED) is 0.743. The number of ether oxygens (including phenoxy) is 1. The molecule has 2 heterocycles. The Balaban J connectivity index is 1.95. The molecule has 0 fully saturated rings. The Bertz CT molecular complexity index is 824. The van der Waals surface area contributed by atoms with Crippen LogP contribution < -0.4 is 9.64 Å². The first kappa shape index (κ1) is 14.1. The summed E-state index contributed by atoms with van der Waals surface area (Å²) in [5.74, 6) is 1.70. The maximum Gasteiger partial charge on any atom is 0.228 e. The van der Waals surface area contributed by atoms with E-state index in [0.29, 0.717) is 23.0 Å². The van der Waals surface area contributed by atoms with Crippen molar-refractivity contribution in [2.24, 2.45) is 0 Å². The number of oxazole rings is 1. The van der Waals surface area contributed by atoms with Gasteiger partial charge in [-0.1, -0.05) is 0 Å². The van der Waals surface area contributed by atoms with Crippen molar-refractivity contribution in [1.29, 1.82) is 0 Å². The van der Waals surface area contributed by atoms with E-state index in [-0.39, 0.29) is 5.91 Å². The summed E-state index contributed by atoms with van der Waals surface area (Å²) in [6.45, 7) is 1.49. The molecule has 0 saturated carbocycles. The van der Waals surface area contributed by atoms with Crippen molar-refractivity contribution in [1.82, 2.24) is 9.97 Å². The fourth-order valence-electron chi connectivity index (χ4n) is 2.03. The van der Waals surface area contributed by atoms with Gasteiger partial charge in [0.1, 0.15) is 17.1 Å². The van der Waals surface area contributed by atoms with Gasteiger partial charge in [-0.3, -0.25) is 4.79 Å². The van der Waals surface area contributed by atoms with Crippen molar-refractivity contribution < 1.29 is 13.9 Å². The van der Waals surface area contributed by atoms with E-state index < -0.39 is 0 Å². The minimum atomic E-state index is -0.0748. The van der Waals surface area contributed by atoms with Crippen LogP contribution in [-0.2, 0) is 4.79 Å². The number of methoxy groups -OCH3 is 1. The molecule has 6 heteroatoms. The lowest BCUT2D eigenvalue weighted by atomic mass is 10.3. The third kappa shape index (κ3) is 2.50. The number of carbonyl (C=O) groups is 1. The van der Waals surface area contributed by atoms with Crippen molar-refractivity contribution in [3.63, 3.8) is 0 Å². The van der Waals surface area contributed by atoms with Crippen LogP contribution in [0.4, 0.5) is 5.82 Å². The number of carbonyl (C=O) groups excluding carboxylic acids is 1. The molecule has 22 heavy (non-hydrogen) atoms. The molecule has 0 spiro atoms. The highest BCUT2D eigenvalue weighted by Gasteiger charge is 2.11. The number of aromatic nitrogens is 2. The maximum atomic E-state index is 11.3. The summed E-state index contributed by atoms with van der Waals surface area (Å²) in [4.78, 5) is 21.5. The Morgan fingerprint density at radius 3 is 2.73 bits per heavy atom. The molecule has 0 aliphatic carbocycles. The molecule has 0 atom stereocenters. The molecule has 1 aromatic carbocycles. The van der Waals surface area contributed by atoms with Crippen molar-refractivity contribution in [3.8, 4) is 17.2 Å². The molecular weight excluding hydrogens is 282 g/mol. The molecular formula is C16H15N3O3. The van der Waals surface area contributed by atoms with Gasteiger partial charge in [0.2, 0.25) is 11.8 Å². The number of anilines is 1. The summed E-state index contributed by atoms with van der Waals surface area (Å²) in [6, 6.07) is 9.04. The Kier molecular flexibility index (Phi) is 3.50. The normalized spacial score (nSPS) is 10.7. The molecule has 0 radical (unpaired) electrons. The van der Waals surface area contributed by atoms with Gasteiger partial charge in [-0.15, -0.1) is 0 Å². The van der Waals surface area contributed by atoms with Crippen LogP contribution in [0.3, 0.4) is 0 Å². The number of fused-ring (bicyclic) bond motifs is 1. The molecule has 3 rings (SSSR count). The van der Waals surface area contributed by atoms with Crippen LogP contribution in [-0.4, -0.2) is 30.0 Å². The first-order valence-electron chi connectivity index (χ1n) is 6.74. The lowest BCUT2D eigenvalue weighted by Crippen LogP contribution is -2.23. The molecule has 0 unspecified atom stereocenters. The zero-order chi connectivity index (χ0) is 15.7. The second-order valence-electron chi connectivity index (χ2n) is 4.84. The molecule has 0 bridgehead atoms. The molecule has 6 nitrogen and oxygen atoms in total. The molecule has 0 N–H and O–H groups in total. The summed E-state index contributed by atoms with van der Waals surface area (Å²) >= 11 is 0. The topological polar surface area (TPSA) is 68.5 Å². The summed E-state index contributed by atoms with van der Waals surface area (Å²) in [6.07, 6.45) is 1.64. The second-order valence-corrected chi connectivity index (χ2v) is 4.84. The fraction of sp³-hybridized carbons (Fsp3) is 0.188. The van der Waals surface area contributed by atoms with E-state index >= 15 is 0 Å². The lowest BCUT2D eigenvalue weighted by Gasteiger charge is -2.13. The smallest absolute Gasteiger partial charge is 0.228 e. The van der Waals surface area contributed by atoms with Crippen LogP contribution in [0.2, 0.25) is 0 Å². The zero-order valence-corrected chi connectivity index (χ0v) is 12.5. The van der Waals surface area contributed by atoms with Crippen molar-refractivity contribution >= 4 is 22.8 Å². The third-order valence-electron chi connectivity index (χ3n) is 3.41. The van der Waals surface area contributed by atoms with Crippen LogP contribution in [0.1, 0.15) is 6.92 Å². The SMILES string of the molecule is COc1ccc2nc(-c3ccc(N(C)C(C)=O)nc3)oc2c1. The molecule has 2 aromatic heterocycles. The number of hydrogen-bond donors (Lipinski definition) is 0. The molecule has 112 valence electrons. The van der Waals surface area contributed by atoms with E-state index in [9.17, 15) is 4.79 Å². The fourth-order valence-corrected chi connectivity index (χ4v) is 2.03. The van der Waals surface area contributed by atoms with E-state index in [1.54, 1.807) is 32.5 Å². The number of hydrogen-bond acceptors (Lipinski definition) is 5. The predicted octanol–water partition coefficient (Wildman–Crippen LogP) is 2.88. The minimum Gasteiger partial charge on any atom is -0.497 e. The number of benzene rings is 1. The first-order valence-corrected chi connectivity index (χ1v) is 6.74. The van der Waals surface area contributed by atoms with Gasteiger partial charge in [0, 0.05) is 26.2 Å². The molecule has 1 amide bonds. The van der Waals surface area contributed by atoms with Gasteiger partial charge < -0.3 is 14.1 Å². The second kappa shape index (κ2) is 5.48. The summed E-state index contributed by atoms with van der Waals surface area (Å²) in [7, 11) is 3.28. The number of nitrogens with zero attached hydrogens (tertiary/aromatic N) is 3. The van der Waals surface area contributed by atoms with Crippen LogP contribution in [0.25, 0.3) is 22.6 Å². The highest BCUT2D eigenvalue weighted by atomic mass is 16.5. The average Bonchev–Trinajstić information content (AvgIpc) is 2.97. The van der Waals surface area contributed by atoms with Gasteiger partial charge in [0.05, 0.1) is 12.7 Å². The van der Waals surface area contributed by atoms with Crippen LogP contribution in [0, 0.1) is 0 Å². The van der Waals surface area contributed by atoms with Crippen LogP contribution >= 0.6 is 0 Å². The molecule has 3 aromatic rings. The minimum absolute atomic E-state index is 0.0748. The Morgan fingerprint density at radius 1 is 1.27 bits per heavy atom. The Hall–Kier alpha value is -2.89. The summed E-state index contributed by atoms with van der Waals surface area (Å²) in [5.41, 5.74) is 2.15. The van der Waals surface area contributed by atoms with Crippen molar-refractivity contribution in [2.75, 3.05) is 19.1 Å².